The second-order valence-corrected chi connectivity index (χ2v) is 3.98. The standard InChI is InChI=1S/C9H12BrClO/c1-7(11)4-3-5-9(10)6-8(2)12/h3-5,8,12H,1,6H2,2H3/b4-3-,9-5+. The van der Waals surface area contributed by atoms with Gasteiger partial charge in [0.2, 0.25) is 0 Å². The molecule has 0 aliphatic carbocycles. The highest BCUT2D eigenvalue weighted by Gasteiger charge is 1.96. The quantitative estimate of drug-likeness (QED) is 0.760. The second-order valence-electron chi connectivity index (χ2n) is 2.47. The minimum atomic E-state index is -0.330. The molecule has 0 saturated carbocycles. The smallest absolute Gasteiger partial charge is 0.0557 e. The van der Waals surface area contributed by atoms with E-state index in [1.165, 1.54) is 0 Å². The Hall–Kier alpha value is -0.0500. The van der Waals surface area contributed by atoms with E-state index in [2.05, 4.69) is 22.5 Å². The minimum Gasteiger partial charge on any atom is -0.393 e. The van der Waals surface area contributed by atoms with Gasteiger partial charge in [0.25, 0.3) is 0 Å². The predicted octanol–water partition coefficient (Wildman–Crippen LogP) is 3.34. The molecule has 0 aliphatic heterocycles. The lowest BCUT2D eigenvalue weighted by Gasteiger charge is -2.00. The molecule has 1 N–H and O–H groups in total. The molecule has 0 saturated heterocycles. The molecule has 0 aromatic heterocycles. The molecular weight excluding hydrogens is 239 g/mol. The monoisotopic (exact) mass is 250 g/mol. The second kappa shape index (κ2) is 6.46. The third-order valence-electron chi connectivity index (χ3n) is 1.04. The van der Waals surface area contributed by atoms with E-state index in [1.54, 1.807) is 19.1 Å². The van der Waals surface area contributed by atoms with Crippen LogP contribution in [0.15, 0.2) is 34.3 Å². The van der Waals surface area contributed by atoms with Crippen LogP contribution in [0.25, 0.3) is 0 Å². The fourth-order valence-electron chi connectivity index (χ4n) is 0.607. The van der Waals surface area contributed by atoms with Crippen molar-refractivity contribution >= 4 is 27.5 Å². The third kappa shape index (κ3) is 8.05. The molecule has 3 heteroatoms. The Balaban J connectivity index is 3.92. The predicted molar refractivity (Wildman–Crippen MR) is 57.4 cm³/mol. The molecule has 0 aliphatic rings. The SMILES string of the molecule is C=C(Cl)/C=C\C=C(\Br)CC(C)O. The van der Waals surface area contributed by atoms with Crippen LogP contribution in [0.1, 0.15) is 13.3 Å². The fraction of sp³-hybridized carbons (Fsp3) is 0.333. The molecule has 68 valence electrons. The van der Waals surface area contributed by atoms with Gasteiger partial charge in [-0.25, -0.2) is 0 Å². The highest BCUT2D eigenvalue weighted by Crippen LogP contribution is 2.13. The van der Waals surface area contributed by atoms with E-state index in [-0.39, 0.29) is 6.10 Å². The molecule has 0 amide bonds. The van der Waals surface area contributed by atoms with Gasteiger partial charge >= 0.3 is 0 Å². The molecule has 0 bridgehead atoms. The molecule has 0 aromatic carbocycles. The molecule has 0 fully saturated rings. The highest BCUT2D eigenvalue weighted by atomic mass is 79.9. The lowest BCUT2D eigenvalue weighted by Crippen LogP contribution is -1.97. The van der Waals surface area contributed by atoms with E-state index in [9.17, 15) is 0 Å². The van der Waals surface area contributed by atoms with Crippen LogP contribution in [0.5, 0.6) is 0 Å². The number of halogens is 2. The molecule has 0 rings (SSSR count). The van der Waals surface area contributed by atoms with Crippen molar-refractivity contribution < 1.29 is 5.11 Å². The summed E-state index contributed by atoms with van der Waals surface area (Å²) in [6, 6.07) is 0. The van der Waals surface area contributed by atoms with Crippen molar-refractivity contribution in [3.63, 3.8) is 0 Å². The van der Waals surface area contributed by atoms with Gasteiger partial charge in [0.1, 0.15) is 0 Å². The van der Waals surface area contributed by atoms with Gasteiger partial charge in [-0.05, 0) is 17.5 Å². The summed E-state index contributed by atoms with van der Waals surface area (Å²) < 4.78 is 0.937. The van der Waals surface area contributed by atoms with Gasteiger partial charge in [-0.1, -0.05) is 46.3 Å². The van der Waals surface area contributed by atoms with Gasteiger partial charge in [-0.3, -0.25) is 0 Å². The summed E-state index contributed by atoms with van der Waals surface area (Å²) in [5.41, 5.74) is 0. The van der Waals surface area contributed by atoms with E-state index in [4.69, 9.17) is 16.7 Å². The summed E-state index contributed by atoms with van der Waals surface area (Å²) in [6.07, 6.45) is 5.58. The maximum Gasteiger partial charge on any atom is 0.0557 e. The van der Waals surface area contributed by atoms with Crippen LogP contribution in [0.2, 0.25) is 0 Å². The van der Waals surface area contributed by atoms with E-state index >= 15 is 0 Å². The molecule has 0 aromatic rings. The first kappa shape index (κ1) is 11.9. The van der Waals surface area contributed by atoms with Gasteiger partial charge in [-0.15, -0.1) is 0 Å². The number of allylic oxidation sites excluding steroid dienone is 4. The summed E-state index contributed by atoms with van der Waals surface area (Å²) in [5, 5.41) is 9.48. The number of hydrogen-bond donors (Lipinski definition) is 1. The van der Waals surface area contributed by atoms with Gasteiger partial charge in [-0.2, -0.15) is 0 Å². The summed E-state index contributed by atoms with van der Waals surface area (Å²) in [6.45, 7) is 5.23. The van der Waals surface area contributed by atoms with Gasteiger partial charge in [0.05, 0.1) is 6.10 Å². The number of rotatable bonds is 4. The summed E-state index contributed by atoms with van der Waals surface area (Å²) in [4.78, 5) is 0. The van der Waals surface area contributed by atoms with Crippen molar-refractivity contribution in [1.29, 1.82) is 0 Å². The Morgan fingerprint density at radius 1 is 1.75 bits per heavy atom. The molecule has 1 unspecified atom stereocenters. The van der Waals surface area contributed by atoms with Crippen molar-refractivity contribution in [2.45, 2.75) is 19.4 Å². The van der Waals surface area contributed by atoms with Crippen LogP contribution < -0.4 is 0 Å². The first-order valence-electron chi connectivity index (χ1n) is 3.57. The molecule has 0 spiro atoms. The third-order valence-corrected chi connectivity index (χ3v) is 1.76. The Bertz CT molecular complexity index is 207. The largest absolute Gasteiger partial charge is 0.393 e. The van der Waals surface area contributed by atoms with E-state index in [1.807, 2.05) is 6.08 Å². The van der Waals surface area contributed by atoms with Crippen LogP contribution in [0, 0.1) is 0 Å². The lowest BCUT2D eigenvalue weighted by molar-refractivity contribution is 0.198. The van der Waals surface area contributed by atoms with Crippen molar-refractivity contribution in [3.8, 4) is 0 Å². The Kier molecular flexibility index (Phi) is 6.44. The van der Waals surface area contributed by atoms with Crippen molar-refractivity contribution in [3.05, 3.63) is 34.3 Å². The maximum atomic E-state index is 8.99. The van der Waals surface area contributed by atoms with E-state index in [0.29, 0.717) is 11.5 Å². The Labute approximate surface area is 86.6 Å². The first-order chi connectivity index (χ1) is 5.52. The van der Waals surface area contributed by atoms with Crippen molar-refractivity contribution in [2.75, 3.05) is 0 Å². The van der Waals surface area contributed by atoms with Crippen LogP contribution in [0.4, 0.5) is 0 Å². The molecule has 1 nitrogen and oxygen atoms in total. The Morgan fingerprint density at radius 2 is 2.33 bits per heavy atom. The van der Waals surface area contributed by atoms with Gasteiger partial charge in [0, 0.05) is 11.5 Å². The summed E-state index contributed by atoms with van der Waals surface area (Å²) in [7, 11) is 0. The first-order valence-corrected chi connectivity index (χ1v) is 4.74. The molecule has 12 heavy (non-hydrogen) atoms. The summed E-state index contributed by atoms with van der Waals surface area (Å²) >= 11 is 8.80. The zero-order valence-corrected chi connectivity index (χ0v) is 9.27. The van der Waals surface area contributed by atoms with Crippen LogP contribution >= 0.6 is 27.5 Å². The van der Waals surface area contributed by atoms with Gasteiger partial charge in [0.15, 0.2) is 0 Å². The fourth-order valence-corrected chi connectivity index (χ4v) is 1.30. The van der Waals surface area contributed by atoms with Gasteiger partial charge < -0.3 is 5.11 Å². The number of aliphatic hydroxyl groups excluding tert-OH is 1. The average Bonchev–Trinajstić information content (AvgIpc) is 1.84. The zero-order chi connectivity index (χ0) is 9.56. The zero-order valence-electron chi connectivity index (χ0n) is 6.93. The summed E-state index contributed by atoms with van der Waals surface area (Å²) in [5.74, 6) is 0. The minimum absolute atomic E-state index is 0.330. The average molecular weight is 252 g/mol. The van der Waals surface area contributed by atoms with Crippen LogP contribution in [-0.4, -0.2) is 11.2 Å². The molecule has 0 heterocycles. The number of hydrogen-bond acceptors (Lipinski definition) is 1. The van der Waals surface area contributed by atoms with E-state index in [0.717, 1.165) is 4.48 Å². The van der Waals surface area contributed by atoms with Crippen molar-refractivity contribution in [2.24, 2.45) is 0 Å². The topological polar surface area (TPSA) is 20.2 Å². The van der Waals surface area contributed by atoms with Crippen LogP contribution in [-0.2, 0) is 0 Å². The Morgan fingerprint density at radius 3 is 2.75 bits per heavy atom. The van der Waals surface area contributed by atoms with E-state index < -0.39 is 0 Å². The molecule has 1 atom stereocenters. The van der Waals surface area contributed by atoms with Crippen molar-refractivity contribution in [1.82, 2.24) is 0 Å². The highest BCUT2D eigenvalue weighted by molar-refractivity contribution is 9.11. The number of aliphatic hydroxyl groups is 1. The van der Waals surface area contributed by atoms with Crippen LogP contribution in [0.3, 0.4) is 0 Å². The normalized spacial score (nSPS) is 15.2. The molecular formula is C9H12BrClO. The lowest BCUT2D eigenvalue weighted by atomic mass is 10.2. The molecule has 0 radical (unpaired) electrons. The maximum absolute atomic E-state index is 8.99.